The minimum absolute atomic E-state index is 0.0000455. The number of hydrogen-bond acceptors (Lipinski definition) is 5. The molecule has 2 heterocycles. The molecule has 1 amide bonds. The van der Waals surface area contributed by atoms with Crippen molar-refractivity contribution in [2.24, 2.45) is 11.8 Å². The maximum absolute atomic E-state index is 13.1. The average Bonchev–Trinajstić information content (AvgIpc) is 3.21. The number of carbonyl (C=O) groups excluding carboxylic acids is 1. The SMILES string of the molecule is O=C(C1CCCC2CNNC21)N1CCN(S(=O)(=O)c2cc(C(F)(F)F)ccc2Cl)CC1. The fraction of sp³-hybridized carbons (Fsp3) is 0.632. The lowest BCUT2D eigenvalue weighted by molar-refractivity contribution is -0.139. The minimum Gasteiger partial charge on any atom is -0.340 e. The fourth-order valence-electron chi connectivity index (χ4n) is 4.72. The number of benzene rings is 1. The molecular weight excluding hydrogens is 457 g/mol. The molecule has 0 aromatic heterocycles. The van der Waals surface area contributed by atoms with E-state index in [0.29, 0.717) is 12.0 Å². The molecule has 2 N–H and O–H groups in total. The zero-order chi connectivity index (χ0) is 22.4. The fourth-order valence-corrected chi connectivity index (χ4v) is 6.64. The van der Waals surface area contributed by atoms with E-state index >= 15 is 0 Å². The van der Waals surface area contributed by atoms with E-state index in [4.69, 9.17) is 11.6 Å². The van der Waals surface area contributed by atoms with Gasteiger partial charge in [-0.2, -0.15) is 17.5 Å². The molecular formula is C19H24ClF3N4O3S. The van der Waals surface area contributed by atoms with E-state index in [0.717, 1.165) is 42.2 Å². The molecule has 7 nitrogen and oxygen atoms in total. The third-order valence-corrected chi connectivity index (χ3v) is 8.79. The monoisotopic (exact) mass is 480 g/mol. The highest BCUT2D eigenvalue weighted by atomic mass is 35.5. The Kier molecular flexibility index (Phi) is 6.25. The van der Waals surface area contributed by atoms with Gasteiger partial charge >= 0.3 is 6.18 Å². The van der Waals surface area contributed by atoms with E-state index in [1.165, 1.54) is 0 Å². The van der Waals surface area contributed by atoms with Crippen molar-refractivity contribution in [1.82, 2.24) is 20.1 Å². The molecule has 1 aliphatic carbocycles. The van der Waals surface area contributed by atoms with Gasteiger partial charge in [-0.15, -0.1) is 0 Å². The number of nitrogens with zero attached hydrogens (tertiary/aromatic N) is 2. The number of amides is 1. The van der Waals surface area contributed by atoms with Crippen molar-refractivity contribution in [3.63, 3.8) is 0 Å². The smallest absolute Gasteiger partial charge is 0.340 e. The van der Waals surface area contributed by atoms with Crippen molar-refractivity contribution in [2.45, 2.75) is 36.4 Å². The summed E-state index contributed by atoms with van der Waals surface area (Å²) in [6.45, 7) is 1.23. The summed E-state index contributed by atoms with van der Waals surface area (Å²) in [6, 6.07) is 2.34. The van der Waals surface area contributed by atoms with Crippen molar-refractivity contribution >= 4 is 27.5 Å². The van der Waals surface area contributed by atoms with E-state index in [1.54, 1.807) is 4.90 Å². The van der Waals surface area contributed by atoms with Crippen LogP contribution in [0.3, 0.4) is 0 Å². The van der Waals surface area contributed by atoms with Crippen LogP contribution in [0, 0.1) is 11.8 Å². The van der Waals surface area contributed by atoms with E-state index in [2.05, 4.69) is 10.9 Å². The Morgan fingerprint density at radius 2 is 1.84 bits per heavy atom. The van der Waals surface area contributed by atoms with Crippen molar-refractivity contribution in [3.8, 4) is 0 Å². The molecule has 0 radical (unpaired) electrons. The van der Waals surface area contributed by atoms with Crippen LogP contribution in [0.2, 0.25) is 5.02 Å². The molecule has 3 aliphatic rings. The van der Waals surface area contributed by atoms with E-state index < -0.39 is 26.7 Å². The van der Waals surface area contributed by atoms with Gasteiger partial charge in [-0.25, -0.2) is 8.42 Å². The van der Waals surface area contributed by atoms with Crippen LogP contribution in [0.4, 0.5) is 13.2 Å². The normalized spacial score (nSPS) is 27.9. The Morgan fingerprint density at radius 1 is 1.13 bits per heavy atom. The van der Waals surface area contributed by atoms with Gasteiger partial charge in [0.25, 0.3) is 0 Å². The molecule has 3 unspecified atom stereocenters. The summed E-state index contributed by atoms with van der Waals surface area (Å²) >= 11 is 5.93. The summed E-state index contributed by atoms with van der Waals surface area (Å²) in [5, 5.41) is -0.264. The first kappa shape index (κ1) is 22.8. The summed E-state index contributed by atoms with van der Waals surface area (Å²) in [7, 11) is -4.22. The van der Waals surface area contributed by atoms with Crippen molar-refractivity contribution in [1.29, 1.82) is 0 Å². The molecule has 0 spiro atoms. The largest absolute Gasteiger partial charge is 0.416 e. The van der Waals surface area contributed by atoms with Gasteiger partial charge in [-0.05, 0) is 37.0 Å². The lowest BCUT2D eigenvalue weighted by atomic mass is 9.77. The van der Waals surface area contributed by atoms with Crippen LogP contribution in [0.25, 0.3) is 0 Å². The number of sulfonamides is 1. The molecule has 31 heavy (non-hydrogen) atoms. The number of hydrogen-bond donors (Lipinski definition) is 2. The second-order valence-corrected chi connectivity index (χ2v) is 10.5. The molecule has 0 bridgehead atoms. The average molecular weight is 481 g/mol. The summed E-state index contributed by atoms with van der Waals surface area (Å²) in [5.74, 6) is 0.252. The predicted molar refractivity (Wildman–Crippen MR) is 108 cm³/mol. The molecule has 1 aromatic carbocycles. The summed E-state index contributed by atoms with van der Waals surface area (Å²) in [6.07, 6.45) is -1.85. The van der Waals surface area contributed by atoms with Crippen molar-refractivity contribution in [3.05, 3.63) is 28.8 Å². The Bertz CT molecular complexity index is 951. The highest BCUT2D eigenvalue weighted by Gasteiger charge is 2.43. The Morgan fingerprint density at radius 3 is 2.52 bits per heavy atom. The number of halogens is 4. The molecule has 2 aliphatic heterocycles. The third-order valence-electron chi connectivity index (χ3n) is 6.41. The Balaban J connectivity index is 1.45. The molecule has 2 saturated heterocycles. The summed E-state index contributed by atoms with van der Waals surface area (Å²) in [5.41, 5.74) is 5.24. The number of rotatable bonds is 3. The number of carbonyl (C=O) groups is 1. The van der Waals surface area contributed by atoms with Gasteiger partial charge in [0, 0.05) is 38.8 Å². The molecule has 1 saturated carbocycles. The molecule has 12 heteroatoms. The van der Waals surface area contributed by atoms with Crippen LogP contribution in [0.5, 0.6) is 0 Å². The molecule has 172 valence electrons. The topological polar surface area (TPSA) is 81.8 Å². The van der Waals surface area contributed by atoms with Crippen molar-refractivity contribution in [2.75, 3.05) is 32.7 Å². The number of fused-ring (bicyclic) bond motifs is 1. The Hall–Kier alpha value is -1.40. The van der Waals surface area contributed by atoms with E-state index in [9.17, 15) is 26.4 Å². The highest BCUT2D eigenvalue weighted by molar-refractivity contribution is 7.89. The second-order valence-electron chi connectivity index (χ2n) is 8.22. The van der Waals surface area contributed by atoms with Gasteiger partial charge in [-0.3, -0.25) is 15.6 Å². The summed E-state index contributed by atoms with van der Waals surface area (Å²) in [4.78, 5) is 14.2. The maximum Gasteiger partial charge on any atom is 0.416 e. The number of piperazine rings is 1. The summed E-state index contributed by atoms with van der Waals surface area (Å²) < 4.78 is 66.1. The molecule has 4 rings (SSSR count). The van der Waals surface area contributed by atoms with Gasteiger partial charge in [-0.1, -0.05) is 18.0 Å². The molecule has 3 fully saturated rings. The second kappa shape index (κ2) is 8.51. The van der Waals surface area contributed by atoms with Gasteiger partial charge < -0.3 is 4.90 Å². The maximum atomic E-state index is 13.1. The lowest BCUT2D eigenvalue weighted by Gasteiger charge is -2.39. The molecule has 3 atom stereocenters. The predicted octanol–water partition coefficient (Wildman–Crippen LogP) is 2.08. The highest BCUT2D eigenvalue weighted by Crippen LogP contribution is 2.35. The van der Waals surface area contributed by atoms with Gasteiger partial charge in [0.1, 0.15) is 4.90 Å². The quantitative estimate of drug-likeness (QED) is 0.692. The van der Waals surface area contributed by atoms with E-state index in [1.807, 2.05) is 0 Å². The third kappa shape index (κ3) is 4.43. The zero-order valence-corrected chi connectivity index (χ0v) is 18.2. The number of hydrazine groups is 1. The first-order valence-electron chi connectivity index (χ1n) is 10.2. The van der Waals surface area contributed by atoms with Crippen molar-refractivity contribution < 1.29 is 26.4 Å². The lowest BCUT2D eigenvalue weighted by Crippen LogP contribution is -2.55. The first-order chi connectivity index (χ1) is 14.6. The molecule has 1 aromatic rings. The van der Waals surface area contributed by atoms with Gasteiger partial charge in [0.15, 0.2) is 0 Å². The van der Waals surface area contributed by atoms with Crippen LogP contribution >= 0.6 is 11.6 Å². The first-order valence-corrected chi connectivity index (χ1v) is 12.0. The zero-order valence-electron chi connectivity index (χ0n) is 16.7. The van der Waals surface area contributed by atoms with Crippen LogP contribution in [0.15, 0.2) is 23.1 Å². The van der Waals surface area contributed by atoms with Crippen LogP contribution in [-0.2, 0) is 21.0 Å². The van der Waals surface area contributed by atoms with Crippen LogP contribution < -0.4 is 10.9 Å². The minimum atomic E-state index is -4.68. The van der Waals surface area contributed by atoms with E-state index in [-0.39, 0.29) is 49.1 Å². The standard InChI is InChI=1S/C19H24ClF3N4O3S/c20-15-5-4-13(19(21,22)23)10-16(15)31(29,30)27-8-6-26(7-9-27)18(28)14-3-1-2-12-11-24-25-17(12)14/h4-5,10,12,14,17,24-25H,1-3,6-9,11H2. The van der Waals surface area contributed by atoms with Gasteiger partial charge in [0.05, 0.1) is 16.5 Å². The van der Waals surface area contributed by atoms with Gasteiger partial charge in [0.2, 0.25) is 15.9 Å². The number of nitrogens with one attached hydrogen (secondary N) is 2. The Labute approximate surface area is 183 Å². The number of alkyl halides is 3. The van der Waals surface area contributed by atoms with Crippen LogP contribution in [0.1, 0.15) is 24.8 Å². The van der Waals surface area contributed by atoms with Crippen LogP contribution in [-0.4, -0.2) is 62.3 Å².